The molecule has 0 bridgehead atoms. The molecule has 0 spiro atoms. The summed E-state index contributed by atoms with van der Waals surface area (Å²) in [5.74, 6) is 1.18. The Morgan fingerprint density at radius 1 is 1.33 bits per heavy atom. The Morgan fingerprint density at radius 3 is 2.60 bits per heavy atom. The van der Waals surface area contributed by atoms with E-state index in [4.69, 9.17) is 0 Å². The van der Waals surface area contributed by atoms with Crippen molar-refractivity contribution in [3.05, 3.63) is 0 Å². The lowest BCUT2D eigenvalue weighted by atomic mass is 10.1. The minimum absolute atomic E-state index is 0.243. The predicted molar refractivity (Wildman–Crippen MR) is 67.2 cm³/mol. The van der Waals surface area contributed by atoms with Crippen molar-refractivity contribution in [2.75, 3.05) is 11.9 Å². The number of carbonyl (C=O) groups is 1. The average molecular weight is 276 g/mol. The van der Waals surface area contributed by atoms with Gasteiger partial charge in [0.25, 0.3) is 0 Å². The third kappa shape index (κ3) is 5.55. The highest BCUT2D eigenvalue weighted by Gasteiger charge is 2.32. The minimum Gasteiger partial charge on any atom is -0.356 e. The van der Waals surface area contributed by atoms with Crippen molar-refractivity contribution in [2.45, 2.75) is 45.4 Å². The lowest BCUT2D eigenvalue weighted by Gasteiger charge is -2.10. The summed E-state index contributed by atoms with van der Waals surface area (Å²) in [4.78, 5) is 11.6. The van der Waals surface area contributed by atoms with Crippen molar-refractivity contribution < 1.29 is 4.79 Å². The van der Waals surface area contributed by atoms with Gasteiger partial charge in [-0.1, -0.05) is 35.7 Å². The molecule has 1 saturated carbocycles. The molecule has 0 aromatic rings. The molecular formula is C12H22BrNO. The number of alkyl halides is 1. The van der Waals surface area contributed by atoms with Gasteiger partial charge in [0.05, 0.1) is 0 Å². The van der Waals surface area contributed by atoms with Gasteiger partial charge in [-0.25, -0.2) is 0 Å². The van der Waals surface area contributed by atoms with Crippen molar-refractivity contribution in [1.29, 1.82) is 0 Å². The summed E-state index contributed by atoms with van der Waals surface area (Å²) in [6.07, 6.45) is 7.35. The van der Waals surface area contributed by atoms with Crippen LogP contribution in [0, 0.1) is 11.8 Å². The third-order valence-electron chi connectivity index (χ3n) is 3.10. The van der Waals surface area contributed by atoms with E-state index in [1.165, 1.54) is 32.1 Å². The second-order valence-electron chi connectivity index (χ2n) is 4.52. The predicted octanol–water partition coefficient (Wildman–Crippen LogP) is 3.10. The van der Waals surface area contributed by atoms with E-state index in [0.717, 1.165) is 18.3 Å². The molecule has 0 aromatic heterocycles. The first-order valence-corrected chi connectivity index (χ1v) is 7.21. The van der Waals surface area contributed by atoms with Crippen LogP contribution in [0.3, 0.4) is 0 Å². The standard InChI is InChI=1S/C12H22BrNO/c1-10(11-6-7-11)12(15)14-9-5-3-2-4-8-13/h10-11H,2-9H2,1H3,(H,14,15). The Bertz CT molecular complexity index is 192. The molecule has 1 fully saturated rings. The van der Waals surface area contributed by atoms with E-state index in [9.17, 15) is 4.79 Å². The normalized spacial score (nSPS) is 17.5. The topological polar surface area (TPSA) is 29.1 Å². The molecule has 3 heteroatoms. The van der Waals surface area contributed by atoms with E-state index in [1.54, 1.807) is 0 Å². The largest absolute Gasteiger partial charge is 0.356 e. The van der Waals surface area contributed by atoms with Gasteiger partial charge in [0.1, 0.15) is 0 Å². The van der Waals surface area contributed by atoms with Gasteiger partial charge in [-0.3, -0.25) is 4.79 Å². The molecule has 1 rings (SSSR count). The molecule has 2 nitrogen and oxygen atoms in total. The molecule has 0 heterocycles. The first kappa shape index (κ1) is 13.0. The minimum atomic E-state index is 0.243. The first-order valence-electron chi connectivity index (χ1n) is 6.09. The zero-order valence-corrected chi connectivity index (χ0v) is 11.2. The molecular weight excluding hydrogens is 254 g/mol. The Morgan fingerprint density at radius 2 is 2.00 bits per heavy atom. The zero-order valence-electron chi connectivity index (χ0n) is 9.60. The van der Waals surface area contributed by atoms with Gasteiger partial charge in [0, 0.05) is 17.8 Å². The van der Waals surface area contributed by atoms with Gasteiger partial charge in [-0.2, -0.15) is 0 Å². The maximum absolute atomic E-state index is 11.6. The average Bonchev–Trinajstić information content (AvgIpc) is 3.05. The van der Waals surface area contributed by atoms with Crippen molar-refractivity contribution in [3.63, 3.8) is 0 Å². The van der Waals surface area contributed by atoms with E-state index in [0.29, 0.717) is 5.92 Å². The fourth-order valence-corrected chi connectivity index (χ4v) is 2.15. The second kappa shape index (κ2) is 7.26. The number of amides is 1. The van der Waals surface area contributed by atoms with E-state index < -0.39 is 0 Å². The van der Waals surface area contributed by atoms with Crippen LogP contribution in [0.2, 0.25) is 0 Å². The molecule has 0 saturated heterocycles. The highest BCUT2D eigenvalue weighted by atomic mass is 79.9. The molecule has 1 aliphatic rings. The van der Waals surface area contributed by atoms with Crippen LogP contribution < -0.4 is 5.32 Å². The van der Waals surface area contributed by atoms with Gasteiger partial charge in [-0.05, 0) is 31.6 Å². The number of halogens is 1. The quantitative estimate of drug-likeness (QED) is 0.535. The summed E-state index contributed by atoms with van der Waals surface area (Å²) < 4.78 is 0. The summed E-state index contributed by atoms with van der Waals surface area (Å²) in [5.41, 5.74) is 0. The third-order valence-corrected chi connectivity index (χ3v) is 3.66. The smallest absolute Gasteiger partial charge is 0.223 e. The molecule has 1 amide bonds. The number of carbonyl (C=O) groups excluding carboxylic acids is 1. The number of hydrogen-bond donors (Lipinski definition) is 1. The Hall–Kier alpha value is -0.0500. The van der Waals surface area contributed by atoms with Crippen molar-refractivity contribution in [3.8, 4) is 0 Å². The number of nitrogens with one attached hydrogen (secondary N) is 1. The van der Waals surface area contributed by atoms with E-state index in [-0.39, 0.29) is 11.8 Å². The maximum Gasteiger partial charge on any atom is 0.223 e. The maximum atomic E-state index is 11.6. The van der Waals surface area contributed by atoms with Crippen LogP contribution in [0.25, 0.3) is 0 Å². The molecule has 88 valence electrons. The summed E-state index contributed by atoms with van der Waals surface area (Å²) in [5, 5.41) is 4.13. The molecule has 1 atom stereocenters. The fraction of sp³-hybridized carbons (Fsp3) is 0.917. The van der Waals surface area contributed by atoms with E-state index >= 15 is 0 Å². The van der Waals surface area contributed by atoms with Crippen LogP contribution in [0.5, 0.6) is 0 Å². The molecule has 0 aliphatic heterocycles. The van der Waals surface area contributed by atoms with Crippen molar-refractivity contribution >= 4 is 21.8 Å². The van der Waals surface area contributed by atoms with Crippen LogP contribution >= 0.6 is 15.9 Å². The molecule has 0 aromatic carbocycles. The summed E-state index contributed by atoms with van der Waals surface area (Å²) >= 11 is 3.41. The van der Waals surface area contributed by atoms with Crippen LogP contribution in [0.15, 0.2) is 0 Å². The lowest BCUT2D eigenvalue weighted by Crippen LogP contribution is -2.30. The monoisotopic (exact) mass is 275 g/mol. The van der Waals surface area contributed by atoms with Crippen LogP contribution in [0.4, 0.5) is 0 Å². The van der Waals surface area contributed by atoms with Crippen molar-refractivity contribution in [2.24, 2.45) is 11.8 Å². The van der Waals surface area contributed by atoms with Crippen LogP contribution in [-0.4, -0.2) is 17.8 Å². The van der Waals surface area contributed by atoms with E-state index in [2.05, 4.69) is 28.2 Å². The number of hydrogen-bond acceptors (Lipinski definition) is 1. The molecule has 1 unspecified atom stereocenters. The highest BCUT2D eigenvalue weighted by Crippen LogP contribution is 2.36. The van der Waals surface area contributed by atoms with Gasteiger partial charge in [0.2, 0.25) is 5.91 Å². The summed E-state index contributed by atoms with van der Waals surface area (Å²) in [7, 11) is 0. The highest BCUT2D eigenvalue weighted by molar-refractivity contribution is 9.09. The van der Waals surface area contributed by atoms with E-state index in [1.807, 2.05) is 0 Å². The zero-order chi connectivity index (χ0) is 11.1. The summed E-state index contributed by atoms with van der Waals surface area (Å²) in [6.45, 7) is 2.91. The Kier molecular flexibility index (Phi) is 6.30. The molecule has 0 radical (unpaired) electrons. The fourth-order valence-electron chi connectivity index (χ4n) is 1.76. The van der Waals surface area contributed by atoms with Crippen LogP contribution in [0.1, 0.15) is 45.4 Å². The summed E-state index contributed by atoms with van der Waals surface area (Å²) in [6, 6.07) is 0. The van der Waals surface area contributed by atoms with Crippen LogP contribution in [-0.2, 0) is 4.79 Å². The van der Waals surface area contributed by atoms with Gasteiger partial charge >= 0.3 is 0 Å². The van der Waals surface area contributed by atoms with Gasteiger partial charge < -0.3 is 5.32 Å². The molecule has 1 aliphatic carbocycles. The van der Waals surface area contributed by atoms with Gasteiger partial charge in [-0.15, -0.1) is 0 Å². The Balaban J connectivity index is 1.92. The van der Waals surface area contributed by atoms with Gasteiger partial charge in [0.15, 0.2) is 0 Å². The molecule has 1 N–H and O–H groups in total. The SMILES string of the molecule is CC(C(=O)NCCCCCCBr)C1CC1. The Labute approximate surface area is 101 Å². The number of unbranched alkanes of at least 4 members (excludes halogenated alkanes) is 3. The second-order valence-corrected chi connectivity index (χ2v) is 5.31. The number of rotatable bonds is 8. The molecule has 15 heavy (non-hydrogen) atoms. The van der Waals surface area contributed by atoms with Crippen molar-refractivity contribution in [1.82, 2.24) is 5.32 Å². The lowest BCUT2D eigenvalue weighted by molar-refractivity contribution is -0.125. The first-order chi connectivity index (χ1) is 7.25.